The van der Waals surface area contributed by atoms with Crippen molar-refractivity contribution < 1.29 is 22.9 Å². The van der Waals surface area contributed by atoms with Gasteiger partial charge < -0.3 is 15.0 Å². The van der Waals surface area contributed by atoms with Crippen molar-refractivity contribution in [1.82, 2.24) is 10.2 Å². The third-order valence-electron chi connectivity index (χ3n) is 6.46. The average molecular weight is 509 g/mol. The van der Waals surface area contributed by atoms with Gasteiger partial charge in [0.1, 0.15) is 18.2 Å². The summed E-state index contributed by atoms with van der Waals surface area (Å²) in [6.07, 6.45) is 1.74. The van der Waals surface area contributed by atoms with Gasteiger partial charge in [0, 0.05) is 42.1 Å². The summed E-state index contributed by atoms with van der Waals surface area (Å²) in [7, 11) is 0.118. The number of hydrogen-bond donors (Lipinski definition) is 1. The molecular formula is C28H29FN2O4S. The highest BCUT2D eigenvalue weighted by Gasteiger charge is 2.26. The molecule has 6 nitrogen and oxygen atoms in total. The summed E-state index contributed by atoms with van der Waals surface area (Å²) in [6, 6.07) is 14.4. The predicted molar refractivity (Wildman–Crippen MR) is 138 cm³/mol. The molecule has 0 saturated carbocycles. The van der Waals surface area contributed by atoms with Gasteiger partial charge in [0.25, 0.3) is 11.8 Å². The minimum atomic E-state index is -1.48. The van der Waals surface area contributed by atoms with Crippen LogP contribution >= 0.6 is 0 Å². The van der Waals surface area contributed by atoms with E-state index < -0.39 is 16.6 Å². The molecule has 3 aromatic rings. The lowest BCUT2D eigenvalue weighted by molar-refractivity contribution is 0.0731. The number of ether oxygens (including phenoxy) is 1. The number of carbonyl (C=O) groups is 2. The van der Waals surface area contributed by atoms with Crippen LogP contribution in [0.5, 0.6) is 5.75 Å². The number of nitrogens with one attached hydrogen (secondary N) is 1. The van der Waals surface area contributed by atoms with E-state index in [0.29, 0.717) is 37.4 Å². The van der Waals surface area contributed by atoms with Crippen LogP contribution in [0.4, 0.5) is 4.39 Å². The van der Waals surface area contributed by atoms with E-state index in [0.717, 1.165) is 22.3 Å². The molecule has 0 saturated heterocycles. The van der Waals surface area contributed by atoms with E-state index in [1.54, 1.807) is 31.0 Å². The molecule has 1 unspecified atom stereocenters. The van der Waals surface area contributed by atoms with Crippen LogP contribution < -0.4 is 10.1 Å². The topological polar surface area (TPSA) is 75.7 Å². The maximum absolute atomic E-state index is 15.0. The molecule has 4 rings (SSSR count). The lowest BCUT2D eigenvalue weighted by Crippen LogP contribution is -2.33. The van der Waals surface area contributed by atoms with E-state index in [1.165, 1.54) is 12.3 Å². The number of aryl methyl sites for hydroxylation is 1. The second kappa shape index (κ2) is 10.6. The first kappa shape index (κ1) is 25.6. The van der Waals surface area contributed by atoms with E-state index >= 15 is 0 Å². The molecule has 0 bridgehead atoms. The van der Waals surface area contributed by atoms with Gasteiger partial charge in [-0.05, 0) is 66.4 Å². The molecule has 0 spiro atoms. The zero-order valence-electron chi connectivity index (χ0n) is 20.8. The molecule has 2 amide bonds. The quantitative estimate of drug-likeness (QED) is 0.551. The Labute approximate surface area is 212 Å². The summed E-state index contributed by atoms with van der Waals surface area (Å²) in [5, 5.41) is 2.63. The molecular weight excluding hydrogens is 479 g/mol. The zero-order valence-corrected chi connectivity index (χ0v) is 21.6. The Morgan fingerprint density at radius 3 is 2.58 bits per heavy atom. The van der Waals surface area contributed by atoms with Crippen molar-refractivity contribution in [2.24, 2.45) is 0 Å². The van der Waals surface area contributed by atoms with Crippen LogP contribution in [0.1, 0.15) is 44.3 Å². The molecule has 3 aromatic carbocycles. The van der Waals surface area contributed by atoms with Gasteiger partial charge in [0.05, 0.1) is 22.2 Å². The van der Waals surface area contributed by atoms with Crippen LogP contribution in [0.15, 0.2) is 53.4 Å². The second-order valence-corrected chi connectivity index (χ2v) is 10.1. The van der Waals surface area contributed by atoms with Crippen molar-refractivity contribution in [3.05, 3.63) is 82.2 Å². The van der Waals surface area contributed by atoms with Gasteiger partial charge in [-0.1, -0.05) is 19.1 Å². The molecule has 0 fully saturated rings. The summed E-state index contributed by atoms with van der Waals surface area (Å²) in [5.41, 5.74) is 4.87. The van der Waals surface area contributed by atoms with Gasteiger partial charge in [-0.15, -0.1) is 0 Å². The highest BCUT2D eigenvalue weighted by atomic mass is 32.2. The van der Waals surface area contributed by atoms with Crippen LogP contribution in [0.3, 0.4) is 0 Å². The number of nitrogens with zero attached hydrogens (tertiary/aromatic N) is 1. The number of halogens is 1. The van der Waals surface area contributed by atoms with E-state index in [1.807, 2.05) is 37.3 Å². The number of fused-ring (bicyclic) bond motifs is 1. The van der Waals surface area contributed by atoms with E-state index in [9.17, 15) is 18.2 Å². The van der Waals surface area contributed by atoms with Crippen molar-refractivity contribution in [3.8, 4) is 16.9 Å². The first-order valence-electron chi connectivity index (χ1n) is 11.8. The Bertz CT molecular complexity index is 1370. The second-order valence-electron chi connectivity index (χ2n) is 8.72. The molecule has 1 aliphatic rings. The lowest BCUT2D eigenvalue weighted by Gasteiger charge is -2.22. The maximum Gasteiger partial charge on any atom is 0.254 e. The first-order chi connectivity index (χ1) is 17.2. The van der Waals surface area contributed by atoms with Gasteiger partial charge in [-0.2, -0.15) is 0 Å². The monoisotopic (exact) mass is 508 g/mol. The molecule has 0 aromatic heterocycles. The number of amides is 2. The predicted octanol–water partition coefficient (Wildman–Crippen LogP) is 4.50. The van der Waals surface area contributed by atoms with E-state index in [-0.39, 0.29) is 27.8 Å². The Kier molecular flexibility index (Phi) is 7.54. The first-order valence-corrected chi connectivity index (χ1v) is 13.3. The lowest BCUT2D eigenvalue weighted by atomic mass is 9.96. The standard InChI is InChI=1S/C28H29FN2O4S/c1-5-21-23(9-11-25(26(21)29)36(4)34)28(33)31-12-13-35-24-10-7-18(15-20(24)16-31)22-8-6-19(14-17(22)2)27(32)30-3/h6-11,14-15H,5,12-13,16H2,1-4H3,(H,30,32). The number of rotatable bonds is 5. The summed E-state index contributed by atoms with van der Waals surface area (Å²) in [5.74, 6) is -0.302. The SMILES string of the molecule is CCc1c(C(=O)N2CCOc3ccc(-c4ccc(C(=O)NC)cc4C)cc3C2)ccc(S(C)=O)c1F. The largest absolute Gasteiger partial charge is 0.491 e. The molecule has 188 valence electrons. The van der Waals surface area contributed by atoms with Crippen molar-refractivity contribution in [2.45, 2.75) is 31.7 Å². The van der Waals surface area contributed by atoms with Crippen LogP contribution in [0, 0.1) is 12.7 Å². The van der Waals surface area contributed by atoms with Gasteiger partial charge >= 0.3 is 0 Å². The van der Waals surface area contributed by atoms with Crippen LogP contribution in [-0.4, -0.2) is 47.4 Å². The van der Waals surface area contributed by atoms with Crippen LogP contribution in [0.2, 0.25) is 0 Å². The van der Waals surface area contributed by atoms with Crippen LogP contribution in [-0.2, 0) is 23.8 Å². The third-order valence-corrected chi connectivity index (χ3v) is 7.39. The average Bonchev–Trinajstić information content (AvgIpc) is 3.09. The van der Waals surface area contributed by atoms with Crippen LogP contribution in [0.25, 0.3) is 11.1 Å². The van der Waals surface area contributed by atoms with E-state index in [2.05, 4.69) is 5.32 Å². The molecule has 36 heavy (non-hydrogen) atoms. The summed E-state index contributed by atoms with van der Waals surface area (Å²) < 4.78 is 32.8. The number of hydrogen-bond acceptors (Lipinski definition) is 4. The summed E-state index contributed by atoms with van der Waals surface area (Å²) >= 11 is 0. The molecule has 1 N–H and O–H groups in total. The fraction of sp³-hybridized carbons (Fsp3) is 0.286. The smallest absolute Gasteiger partial charge is 0.254 e. The number of carbonyl (C=O) groups excluding carboxylic acids is 2. The third kappa shape index (κ3) is 4.91. The van der Waals surface area contributed by atoms with Gasteiger partial charge in [-0.3, -0.25) is 13.8 Å². The van der Waals surface area contributed by atoms with Gasteiger partial charge in [0.2, 0.25) is 0 Å². The Morgan fingerprint density at radius 2 is 1.92 bits per heavy atom. The number of benzene rings is 3. The minimum Gasteiger partial charge on any atom is -0.491 e. The highest BCUT2D eigenvalue weighted by molar-refractivity contribution is 7.84. The minimum absolute atomic E-state index is 0.107. The molecule has 8 heteroatoms. The molecule has 1 aliphatic heterocycles. The van der Waals surface area contributed by atoms with Crippen molar-refractivity contribution >= 4 is 22.6 Å². The Morgan fingerprint density at radius 1 is 1.14 bits per heavy atom. The van der Waals surface area contributed by atoms with Crippen molar-refractivity contribution in [1.29, 1.82) is 0 Å². The maximum atomic E-state index is 15.0. The van der Waals surface area contributed by atoms with Crippen molar-refractivity contribution in [2.75, 3.05) is 26.5 Å². The van der Waals surface area contributed by atoms with E-state index in [4.69, 9.17) is 4.74 Å². The van der Waals surface area contributed by atoms with Gasteiger partial charge in [0.15, 0.2) is 0 Å². The molecule has 0 aliphatic carbocycles. The zero-order chi connectivity index (χ0) is 26.0. The molecule has 1 atom stereocenters. The molecule has 0 radical (unpaired) electrons. The fourth-order valence-corrected chi connectivity index (χ4v) is 5.18. The highest BCUT2D eigenvalue weighted by Crippen LogP contribution is 2.32. The fourth-order valence-electron chi connectivity index (χ4n) is 4.55. The normalized spacial score (nSPS) is 13.9. The van der Waals surface area contributed by atoms with Crippen molar-refractivity contribution in [3.63, 3.8) is 0 Å². The Balaban J connectivity index is 1.66. The summed E-state index contributed by atoms with van der Waals surface area (Å²) in [4.78, 5) is 27.2. The summed E-state index contributed by atoms with van der Waals surface area (Å²) in [6.45, 7) is 4.72. The Hall–Kier alpha value is -3.52. The van der Waals surface area contributed by atoms with Gasteiger partial charge in [-0.25, -0.2) is 4.39 Å². The molecule has 1 heterocycles.